The quantitative estimate of drug-likeness (QED) is 0.213. The zero-order valence-corrected chi connectivity index (χ0v) is 28.1. The summed E-state index contributed by atoms with van der Waals surface area (Å²) < 4.78 is 95.7. The summed E-state index contributed by atoms with van der Waals surface area (Å²) in [5.74, 6) is -3.83. The first-order valence-electron chi connectivity index (χ1n) is 15.2. The second kappa shape index (κ2) is 13.9. The highest BCUT2D eigenvalue weighted by atomic mass is 35.5. The molecule has 5 heterocycles. The van der Waals surface area contributed by atoms with Crippen LogP contribution >= 0.6 is 22.9 Å². The van der Waals surface area contributed by atoms with Crippen molar-refractivity contribution < 1.29 is 35.2 Å². The average molecular weight is 741 g/mol. The van der Waals surface area contributed by atoms with Gasteiger partial charge in [0.05, 0.1) is 27.8 Å². The SMILES string of the molecule is O=C(NCc1cc(-c2ccc(C(F)(F)F)cc2)nc(N2CCN(Cc3ccccn3)CC2)c1)[C@@H]1CC(F)(F)CN1S(=O)(=O)c1ccc(Cl)s1. The Labute approximate surface area is 288 Å². The number of benzene rings is 1. The van der Waals surface area contributed by atoms with Crippen LogP contribution < -0.4 is 10.2 Å². The maximum atomic E-state index is 14.6. The van der Waals surface area contributed by atoms with Crippen LogP contribution in [0.1, 0.15) is 23.2 Å². The number of piperazine rings is 1. The third kappa shape index (κ3) is 8.20. The standard InChI is InChI=1S/C32H30ClF5N6O3S2/c33-27-8-9-29(48-27)49(46,47)44-20-31(34,35)17-26(44)30(45)40-18-21-15-25(22-4-6-23(7-5-22)32(36,37)38)41-28(16-21)43-13-11-42(12-14-43)19-24-3-1-2-10-39-24/h1-10,15-16,26H,11-14,17-20H2,(H,40,45)/t26-/m0/s1. The second-order valence-corrected chi connectivity index (χ2v) is 15.6. The van der Waals surface area contributed by atoms with Crippen molar-refractivity contribution in [2.24, 2.45) is 0 Å². The van der Waals surface area contributed by atoms with Crippen LogP contribution in [0.25, 0.3) is 11.3 Å². The molecule has 9 nitrogen and oxygen atoms in total. The van der Waals surface area contributed by atoms with Crippen molar-refractivity contribution in [2.45, 2.75) is 41.9 Å². The van der Waals surface area contributed by atoms with Crippen molar-refractivity contribution in [2.75, 3.05) is 37.6 Å². The van der Waals surface area contributed by atoms with E-state index in [1.54, 1.807) is 18.3 Å². The number of amides is 1. The summed E-state index contributed by atoms with van der Waals surface area (Å²) in [4.78, 5) is 26.7. The van der Waals surface area contributed by atoms with E-state index in [0.717, 1.165) is 17.8 Å². The molecular formula is C32H30ClF5N6O3S2. The minimum Gasteiger partial charge on any atom is -0.354 e. The molecule has 2 saturated heterocycles. The Morgan fingerprint density at radius 1 is 1.02 bits per heavy atom. The van der Waals surface area contributed by atoms with Gasteiger partial charge >= 0.3 is 6.18 Å². The molecule has 1 N–H and O–H groups in total. The summed E-state index contributed by atoms with van der Waals surface area (Å²) in [7, 11) is -4.45. The molecule has 2 fully saturated rings. The monoisotopic (exact) mass is 740 g/mol. The average Bonchev–Trinajstić information content (AvgIpc) is 3.67. The highest BCUT2D eigenvalue weighted by Gasteiger charge is 2.53. The van der Waals surface area contributed by atoms with Gasteiger partial charge < -0.3 is 10.2 Å². The molecule has 3 aromatic heterocycles. The van der Waals surface area contributed by atoms with E-state index >= 15 is 0 Å². The Morgan fingerprint density at radius 3 is 2.39 bits per heavy atom. The molecule has 0 unspecified atom stereocenters. The van der Waals surface area contributed by atoms with Crippen molar-refractivity contribution in [3.05, 3.63) is 94.1 Å². The van der Waals surface area contributed by atoms with Crippen molar-refractivity contribution in [1.29, 1.82) is 0 Å². The number of nitrogens with one attached hydrogen (secondary N) is 1. The van der Waals surface area contributed by atoms with Gasteiger partial charge in [-0.3, -0.25) is 14.7 Å². The third-order valence-electron chi connectivity index (χ3n) is 8.30. The van der Waals surface area contributed by atoms with E-state index in [9.17, 15) is 35.2 Å². The molecule has 0 aliphatic carbocycles. The molecule has 1 atom stereocenters. The fraction of sp³-hybridized carbons (Fsp3) is 0.344. The number of hydrogen-bond donors (Lipinski definition) is 1. The number of aromatic nitrogens is 2. The van der Waals surface area contributed by atoms with Gasteiger partial charge in [-0.05, 0) is 54.1 Å². The summed E-state index contributed by atoms with van der Waals surface area (Å²) in [5.41, 5.74) is 1.35. The molecule has 4 aromatic rings. The van der Waals surface area contributed by atoms with Crippen LogP contribution in [0, 0.1) is 0 Å². The third-order valence-corrected chi connectivity index (χ3v) is 11.8. The van der Waals surface area contributed by atoms with Crippen molar-refractivity contribution in [3.63, 3.8) is 0 Å². The molecule has 0 radical (unpaired) electrons. The summed E-state index contributed by atoms with van der Waals surface area (Å²) in [6.45, 7) is 1.86. The van der Waals surface area contributed by atoms with E-state index in [0.29, 0.717) is 71.0 Å². The molecule has 1 aromatic carbocycles. The molecule has 2 aliphatic heterocycles. The molecule has 0 saturated carbocycles. The number of hydrogen-bond acceptors (Lipinski definition) is 8. The van der Waals surface area contributed by atoms with Gasteiger partial charge in [-0.15, -0.1) is 11.3 Å². The summed E-state index contributed by atoms with van der Waals surface area (Å²) >= 11 is 6.59. The van der Waals surface area contributed by atoms with Gasteiger partial charge in [0.15, 0.2) is 0 Å². The maximum absolute atomic E-state index is 14.6. The van der Waals surface area contributed by atoms with E-state index in [1.807, 2.05) is 23.1 Å². The fourth-order valence-corrected chi connectivity index (χ4v) is 9.02. The number of carbonyl (C=O) groups is 1. The first-order valence-corrected chi connectivity index (χ1v) is 17.8. The maximum Gasteiger partial charge on any atom is 0.416 e. The van der Waals surface area contributed by atoms with Crippen LogP contribution in [-0.4, -0.2) is 78.2 Å². The highest BCUT2D eigenvalue weighted by Crippen LogP contribution is 2.38. The van der Waals surface area contributed by atoms with E-state index in [2.05, 4.69) is 15.2 Å². The smallest absolute Gasteiger partial charge is 0.354 e. The number of rotatable bonds is 9. The lowest BCUT2D eigenvalue weighted by Gasteiger charge is -2.35. The molecule has 0 bridgehead atoms. The Hall–Kier alpha value is -3.70. The molecule has 260 valence electrons. The Bertz CT molecular complexity index is 1900. The lowest BCUT2D eigenvalue weighted by molar-refractivity contribution is -0.137. The number of sulfonamides is 1. The highest BCUT2D eigenvalue weighted by molar-refractivity contribution is 7.91. The number of pyridine rings is 2. The number of carbonyl (C=O) groups excluding carboxylic acids is 1. The lowest BCUT2D eigenvalue weighted by atomic mass is 10.1. The van der Waals surface area contributed by atoms with Crippen molar-refractivity contribution in [3.8, 4) is 11.3 Å². The fourth-order valence-electron chi connectivity index (χ4n) is 5.79. The summed E-state index contributed by atoms with van der Waals surface area (Å²) in [6, 6.07) is 14.4. The van der Waals surface area contributed by atoms with Gasteiger partial charge in [-0.2, -0.15) is 17.5 Å². The Balaban J connectivity index is 1.23. The first kappa shape index (κ1) is 35.1. The minimum atomic E-state index is -4.52. The molecule has 0 spiro atoms. The van der Waals surface area contributed by atoms with Crippen LogP contribution in [0.2, 0.25) is 4.34 Å². The van der Waals surface area contributed by atoms with Gasteiger partial charge in [-0.1, -0.05) is 29.8 Å². The summed E-state index contributed by atoms with van der Waals surface area (Å²) in [6.07, 6.45) is -3.79. The van der Waals surface area contributed by atoms with E-state index < -0.39 is 52.6 Å². The van der Waals surface area contributed by atoms with Gasteiger partial charge in [0.25, 0.3) is 15.9 Å². The second-order valence-electron chi connectivity index (χ2n) is 11.8. The van der Waals surface area contributed by atoms with Gasteiger partial charge in [0.1, 0.15) is 16.1 Å². The Morgan fingerprint density at radius 2 is 1.76 bits per heavy atom. The minimum absolute atomic E-state index is 0.150. The number of anilines is 1. The normalized spacial score (nSPS) is 18.9. The van der Waals surface area contributed by atoms with Crippen LogP contribution in [0.15, 0.2) is 77.1 Å². The predicted molar refractivity (Wildman–Crippen MR) is 175 cm³/mol. The van der Waals surface area contributed by atoms with Gasteiger partial charge in [-0.25, -0.2) is 22.2 Å². The molecule has 49 heavy (non-hydrogen) atoms. The molecular weight excluding hydrogens is 711 g/mol. The first-order chi connectivity index (χ1) is 23.2. The van der Waals surface area contributed by atoms with Crippen LogP contribution in [0.3, 0.4) is 0 Å². The zero-order chi connectivity index (χ0) is 35.0. The number of halogens is 6. The van der Waals surface area contributed by atoms with Gasteiger partial charge in [0, 0.05) is 57.4 Å². The summed E-state index contributed by atoms with van der Waals surface area (Å²) in [5, 5.41) is 2.60. The number of alkyl halides is 5. The van der Waals surface area contributed by atoms with E-state index in [-0.39, 0.29) is 15.1 Å². The molecule has 17 heteroatoms. The van der Waals surface area contributed by atoms with Gasteiger partial charge in [0.2, 0.25) is 5.91 Å². The number of nitrogens with zero attached hydrogens (tertiary/aromatic N) is 5. The zero-order valence-electron chi connectivity index (χ0n) is 25.7. The van der Waals surface area contributed by atoms with Crippen molar-refractivity contribution >= 4 is 44.7 Å². The van der Waals surface area contributed by atoms with E-state index in [4.69, 9.17) is 16.6 Å². The molecule has 1 amide bonds. The van der Waals surface area contributed by atoms with Crippen LogP contribution in [0.4, 0.5) is 27.8 Å². The Kier molecular flexibility index (Phi) is 9.97. The molecule has 6 rings (SSSR count). The van der Waals surface area contributed by atoms with Crippen molar-refractivity contribution in [1.82, 2.24) is 24.5 Å². The topological polar surface area (TPSA) is 98.7 Å². The van der Waals surface area contributed by atoms with Crippen LogP contribution in [0.5, 0.6) is 0 Å². The van der Waals surface area contributed by atoms with Crippen LogP contribution in [-0.2, 0) is 34.1 Å². The lowest BCUT2D eigenvalue weighted by Crippen LogP contribution is -2.46. The predicted octanol–water partition coefficient (Wildman–Crippen LogP) is 5.91. The number of thiophene rings is 1. The molecule has 2 aliphatic rings. The van der Waals surface area contributed by atoms with E-state index in [1.165, 1.54) is 24.3 Å². The largest absolute Gasteiger partial charge is 0.416 e.